The van der Waals surface area contributed by atoms with Crippen LogP contribution in [0.15, 0.2) is 24.3 Å². The first-order valence-electron chi connectivity index (χ1n) is 6.21. The highest BCUT2D eigenvalue weighted by molar-refractivity contribution is 6.30. The summed E-state index contributed by atoms with van der Waals surface area (Å²) in [6.45, 7) is -0.990. The van der Waals surface area contributed by atoms with Crippen molar-refractivity contribution in [3.05, 3.63) is 34.9 Å². The number of hydrogen-bond acceptors (Lipinski definition) is 6. The van der Waals surface area contributed by atoms with Crippen LogP contribution in [0, 0.1) is 0 Å². The van der Waals surface area contributed by atoms with E-state index in [0.29, 0.717) is 10.6 Å². The SMILES string of the molecule is OC[C@@H](O)[C@H]1OC(c2ccc(Cl)cc2)O[C@@H](CO)[C@H]1O. The minimum atomic E-state index is -1.27. The summed E-state index contributed by atoms with van der Waals surface area (Å²) < 4.78 is 10.9. The summed E-state index contributed by atoms with van der Waals surface area (Å²) in [5.41, 5.74) is 0.634. The molecule has 2 rings (SSSR count). The Morgan fingerprint density at radius 1 is 1.15 bits per heavy atom. The second-order valence-corrected chi connectivity index (χ2v) is 5.02. The molecule has 1 aromatic carbocycles. The van der Waals surface area contributed by atoms with Crippen LogP contribution in [-0.2, 0) is 9.47 Å². The van der Waals surface area contributed by atoms with Crippen LogP contribution >= 0.6 is 11.6 Å². The normalized spacial score (nSPS) is 32.0. The maximum absolute atomic E-state index is 9.94. The monoisotopic (exact) mass is 304 g/mol. The predicted molar refractivity (Wildman–Crippen MR) is 70.1 cm³/mol. The van der Waals surface area contributed by atoms with E-state index in [1.807, 2.05) is 0 Å². The summed E-state index contributed by atoms with van der Waals surface area (Å²) >= 11 is 5.80. The van der Waals surface area contributed by atoms with Crippen molar-refractivity contribution in [2.45, 2.75) is 30.7 Å². The Bertz CT molecular complexity index is 425. The van der Waals surface area contributed by atoms with Crippen LogP contribution < -0.4 is 0 Å². The van der Waals surface area contributed by atoms with Crippen molar-refractivity contribution in [1.82, 2.24) is 0 Å². The average Bonchev–Trinajstić information content (AvgIpc) is 2.47. The first-order chi connectivity index (χ1) is 9.56. The van der Waals surface area contributed by atoms with Crippen LogP contribution in [0.4, 0.5) is 0 Å². The van der Waals surface area contributed by atoms with Gasteiger partial charge in [-0.3, -0.25) is 0 Å². The van der Waals surface area contributed by atoms with Gasteiger partial charge in [0.05, 0.1) is 13.2 Å². The van der Waals surface area contributed by atoms with E-state index in [2.05, 4.69) is 0 Å². The lowest BCUT2D eigenvalue weighted by atomic mass is 10.0. The van der Waals surface area contributed by atoms with Gasteiger partial charge >= 0.3 is 0 Å². The molecule has 0 spiro atoms. The number of halogens is 1. The number of benzene rings is 1. The minimum Gasteiger partial charge on any atom is -0.394 e. The molecule has 0 bridgehead atoms. The quantitative estimate of drug-likeness (QED) is 0.616. The molecule has 1 fully saturated rings. The second kappa shape index (κ2) is 6.82. The summed E-state index contributed by atoms with van der Waals surface area (Å²) in [6.07, 6.45) is -5.32. The van der Waals surface area contributed by atoms with E-state index in [1.54, 1.807) is 24.3 Å². The van der Waals surface area contributed by atoms with Crippen molar-refractivity contribution in [3.8, 4) is 0 Å². The van der Waals surface area contributed by atoms with Gasteiger partial charge in [0.15, 0.2) is 6.29 Å². The van der Waals surface area contributed by atoms with Crippen LogP contribution in [0.25, 0.3) is 0 Å². The highest BCUT2D eigenvalue weighted by Gasteiger charge is 2.42. The van der Waals surface area contributed by atoms with Crippen LogP contribution in [0.1, 0.15) is 11.9 Å². The second-order valence-electron chi connectivity index (χ2n) is 4.58. The fourth-order valence-corrected chi connectivity index (χ4v) is 2.18. The molecule has 0 aliphatic carbocycles. The van der Waals surface area contributed by atoms with Gasteiger partial charge in [0.25, 0.3) is 0 Å². The lowest BCUT2D eigenvalue weighted by molar-refractivity contribution is -0.310. The molecule has 1 heterocycles. The number of ether oxygens (including phenoxy) is 2. The average molecular weight is 305 g/mol. The lowest BCUT2D eigenvalue weighted by Crippen LogP contribution is -2.54. The van der Waals surface area contributed by atoms with Crippen molar-refractivity contribution in [1.29, 1.82) is 0 Å². The Labute approximate surface area is 121 Å². The standard InChI is InChI=1S/C13H17ClO6/c14-8-3-1-7(2-4-8)13-19-10(6-16)11(18)12(20-13)9(17)5-15/h1-4,9-13,15-18H,5-6H2/t9-,10+,11-,12-,13?/m1/s1. The Morgan fingerprint density at radius 3 is 2.35 bits per heavy atom. The third-order valence-corrected chi connectivity index (χ3v) is 3.44. The fourth-order valence-electron chi connectivity index (χ4n) is 2.06. The third kappa shape index (κ3) is 3.29. The van der Waals surface area contributed by atoms with Gasteiger partial charge in [0, 0.05) is 10.6 Å². The molecule has 4 N–H and O–H groups in total. The molecule has 20 heavy (non-hydrogen) atoms. The van der Waals surface area contributed by atoms with Gasteiger partial charge in [-0.1, -0.05) is 23.7 Å². The molecule has 7 heteroatoms. The van der Waals surface area contributed by atoms with E-state index in [4.69, 9.17) is 26.2 Å². The summed E-state index contributed by atoms with van der Waals surface area (Å²) in [5.74, 6) is 0. The molecule has 0 aromatic heterocycles. The topological polar surface area (TPSA) is 99.4 Å². The van der Waals surface area contributed by atoms with E-state index in [9.17, 15) is 15.3 Å². The number of hydrogen-bond donors (Lipinski definition) is 4. The van der Waals surface area contributed by atoms with Crippen molar-refractivity contribution in [2.75, 3.05) is 13.2 Å². The molecular formula is C13H17ClO6. The predicted octanol–water partition coefficient (Wildman–Crippen LogP) is -0.171. The molecule has 1 aliphatic rings. The van der Waals surface area contributed by atoms with Gasteiger partial charge in [-0.25, -0.2) is 0 Å². The van der Waals surface area contributed by atoms with Crippen molar-refractivity contribution >= 4 is 11.6 Å². The maximum Gasteiger partial charge on any atom is 0.184 e. The van der Waals surface area contributed by atoms with Crippen LogP contribution in [0.2, 0.25) is 5.02 Å². The lowest BCUT2D eigenvalue weighted by Gasteiger charge is -2.40. The van der Waals surface area contributed by atoms with E-state index in [0.717, 1.165) is 0 Å². The summed E-state index contributed by atoms with van der Waals surface area (Å²) in [5, 5.41) is 38.4. The smallest absolute Gasteiger partial charge is 0.184 e. The van der Waals surface area contributed by atoms with E-state index in [-0.39, 0.29) is 0 Å². The molecule has 6 nitrogen and oxygen atoms in total. The number of aliphatic hydroxyl groups excluding tert-OH is 4. The first kappa shape index (κ1) is 15.7. The van der Waals surface area contributed by atoms with E-state index >= 15 is 0 Å². The molecule has 112 valence electrons. The number of rotatable bonds is 4. The molecule has 1 aromatic rings. The summed E-state index contributed by atoms with van der Waals surface area (Å²) in [7, 11) is 0. The third-order valence-electron chi connectivity index (χ3n) is 3.19. The zero-order chi connectivity index (χ0) is 14.7. The Morgan fingerprint density at radius 2 is 1.80 bits per heavy atom. The Hall–Kier alpha value is -0.730. The first-order valence-corrected chi connectivity index (χ1v) is 6.59. The molecule has 5 atom stereocenters. The fraction of sp³-hybridized carbons (Fsp3) is 0.538. The van der Waals surface area contributed by atoms with Crippen molar-refractivity contribution < 1.29 is 29.9 Å². The summed E-state index contributed by atoms with van der Waals surface area (Å²) in [6, 6.07) is 6.67. The largest absolute Gasteiger partial charge is 0.394 e. The minimum absolute atomic E-state index is 0.427. The Kier molecular flexibility index (Phi) is 5.34. The van der Waals surface area contributed by atoms with Gasteiger partial charge in [0.2, 0.25) is 0 Å². The van der Waals surface area contributed by atoms with Gasteiger partial charge in [-0.2, -0.15) is 0 Å². The van der Waals surface area contributed by atoms with Crippen LogP contribution in [0.3, 0.4) is 0 Å². The van der Waals surface area contributed by atoms with E-state index < -0.39 is 43.9 Å². The van der Waals surface area contributed by atoms with Gasteiger partial charge in [-0.05, 0) is 12.1 Å². The molecule has 1 aliphatic heterocycles. The molecule has 0 radical (unpaired) electrons. The van der Waals surface area contributed by atoms with Crippen molar-refractivity contribution in [3.63, 3.8) is 0 Å². The molecule has 0 amide bonds. The molecule has 0 saturated carbocycles. The van der Waals surface area contributed by atoms with Crippen LogP contribution in [0.5, 0.6) is 0 Å². The highest BCUT2D eigenvalue weighted by atomic mass is 35.5. The zero-order valence-corrected chi connectivity index (χ0v) is 11.3. The molecular weight excluding hydrogens is 288 g/mol. The number of aliphatic hydroxyl groups is 4. The van der Waals surface area contributed by atoms with Crippen molar-refractivity contribution in [2.24, 2.45) is 0 Å². The molecule has 1 saturated heterocycles. The highest BCUT2D eigenvalue weighted by Crippen LogP contribution is 2.31. The summed E-state index contributed by atoms with van der Waals surface area (Å²) in [4.78, 5) is 0. The van der Waals surface area contributed by atoms with Gasteiger partial charge < -0.3 is 29.9 Å². The van der Waals surface area contributed by atoms with Crippen LogP contribution in [-0.4, -0.2) is 58.1 Å². The zero-order valence-electron chi connectivity index (χ0n) is 10.6. The van der Waals surface area contributed by atoms with Gasteiger partial charge in [0.1, 0.15) is 24.4 Å². The maximum atomic E-state index is 9.94. The molecule has 1 unspecified atom stereocenters. The van der Waals surface area contributed by atoms with E-state index in [1.165, 1.54) is 0 Å². The Balaban J connectivity index is 2.19. The van der Waals surface area contributed by atoms with Gasteiger partial charge in [-0.15, -0.1) is 0 Å².